The van der Waals surface area contributed by atoms with E-state index in [0.29, 0.717) is 0 Å². The lowest BCUT2D eigenvalue weighted by Crippen LogP contribution is -2.16. The molecule has 0 unspecified atom stereocenters. The van der Waals surface area contributed by atoms with Gasteiger partial charge in [-0.3, -0.25) is 0 Å². The summed E-state index contributed by atoms with van der Waals surface area (Å²) in [6, 6.07) is 10.6. The first-order chi connectivity index (χ1) is 7.04. The number of hydrogen-bond acceptors (Lipinski definition) is 1. The van der Waals surface area contributed by atoms with Crippen LogP contribution in [0.4, 0.5) is 0 Å². The first-order valence-electron chi connectivity index (χ1n) is 5.06. The highest BCUT2D eigenvalue weighted by molar-refractivity contribution is 7.19. The summed E-state index contributed by atoms with van der Waals surface area (Å²) in [7, 11) is -1.24. The first-order valence-corrected chi connectivity index (χ1v) is 9.38. The Kier molecular flexibility index (Phi) is 2.68. The van der Waals surface area contributed by atoms with Gasteiger partial charge >= 0.3 is 0 Å². The number of rotatable bonds is 0. The van der Waals surface area contributed by atoms with Crippen LogP contribution in [-0.2, 0) is 0 Å². The van der Waals surface area contributed by atoms with Crippen molar-refractivity contribution in [1.82, 2.24) is 0 Å². The quantitative estimate of drug-likeness (QED) is 0.471. The van der Waals surface area contributed by atoms with Crippen molar-refractivity contribution in [3.8, 4) is 11.5 Å². The van der Waals surface area contributed by atoms with Gasteiger partial charge < -0.3 is 0 Å². The number of benzene rings is 1. The van der Waals surface area contributed by atoms with Gasteiger partial charge in [-0.2, -0.15) is 0 Å². The lowest BCUT2D eigenvalue weighted by atomic mass is 10.2. The van der Waals surface area contributed by atoms with Gasteiger partial charge in [-0.05, 0) is 17.5 Å². The van der Waals surface area contributed by atoms with E-state index in [1.165, 1.54) is 15.0 Å². The van der Waals surface area contributed by atoms with Gasteiger partial charge in [0.1, 0.15) is 8.07 Å². The Morgan fingerprint density at radius 1 is 1.13 bits per heavy atom. The van der Waals surface area contributed by atoms with E-state index in [0.717, 1.165) is 0 Å². The zero-order valence-corrected chi connectivity index (χ0v) is 11.1. The molecule has 2 rings (SSSR count). The molecule has 2 heteroatoms. The van der Waals surface area contributed by atoms with Gasteiger partial charge in [-0.25, -0.2) is 0 Å². The third-order valence-electron chi connectivity index (χ3n) is 1.99. The van der Waals surface area contributed by atoms with Crippen molar-refractivity contribution in [2.24, 2.45) is 0 Å². The van der Waals surface area contributed by atoms with Crippen molar-refractivity contribution in [2.75, 3.05) is 0 Å². The van der Waals surface area contributed by atoms with Crippen LogP contribution in [-0.4, -0.2) is 8.07 Å². The summed E-state index contributed by atoms with van der Waals surface area (Å²) in [6.07, 6.45) is 0. The van der Waals surface area contributed by atoms with Gasteiger partial charge in [0.05, 0.1) is 4.88 Å². The molecule has 1 aromatic carbocycles. The molecule has 76 valence electrons. The van der Waals surface area contributed by atoms with Gasteiger partial charge in [0.25, 0.3) is 0 Å². The molecular formula is C13H14SSi. The normalized spacial score (nSPS) is 11.1. The fourth-order valence-corrected chi connectivity index (χ4v) is 2.81. The summed E-state index contributed by atoms with van der Waals surface area (Å²) in [6.45, 7) is 6.81. The predicted octanol–water partition coefficient (Wildman–Crippen LogP) is 4.13. The van der Waals surface area contributed by atoms with Gasteiger partial charge in [0, 0.05) is 4.70 Å². The highest BCUT2D eigenvalue weighted by Gasteiger charge is 2.07. The average Bonchev–Trinajstić information content (AvgIpc) is 2.56. The van der Waals surface area contributed by atoms with Crippen LogP contribution in [0, 0.1) is 11.5 Å². The fraction of sp³-hybridized carbons (Fsp3) is 0.231. The van der Waals surface area contributed by atoms with Crippen LogP contribution in [0.5, 0.6) is 0 Å². The molecule has 0 aliphatic rings. The topological polar surface area (TPSA) is 0 Å². The second kappa shape index (κ2) is 3.84. The molecule has 0 atom stereocenters. The Morgan fingerprint density at radius 2 is 1.87 bits per heavy atom. The Hall–Kier alpha value is -1.04. The molecular weight excluding hydrogens is 216 g/mol. The molecule has 0 nitrogen and oxygen atoms in total. The highest BCUT2D eigenvalue weighted by atomic mass is 32.1. The monoisotopic (exact) mass is 230 g/mol. The molecule has 0 spiro atoms. The third-order valence-corrected chi connectivity index (χ3v) is 3.89. The Balaban J connectivity index is 2.41. The molecule has 2 aromatic rings. The Labute approximate surface area is 96.0 Å². The van der Waals surface area contributed by atoms with E-state index in [2.05, 4.69) is 61.4 Å². The van der Waals surface area contributed by atoms with Crippen molar-refractivity contribution < 1.29 is 0 Å². The van der Waals surface area contributed by atoms with Gasteiger partial charge in [0.2, 0.25) is 0 Å². The van der Waals surface area contributed by atoms with E-state index in [1.807, 2.05) is 0 Å². The molecule has 0 saturated heterocycles. The van der Waals surface area contributed by atoms with Crippen LogP contribution >= 0.6 is 11.3 Å². The Bertz CT molecular complexity index is 502. The minimum Gasteiger partial charge on any atom is -0.127 e. The average molecular weight is 230 g/mol. The van der Waals surface area contributed by atoms with Crippen molar-refractivity contribution in [1.29, 1.82) is 0 Å². The smallest absolute Gasteiger partial charge is 0.127 e. The lowest BCUT2D eigenvalue weighted by Gasteiger charge is -2.02. The first kappa shape index (κ1) is 10.5. The molecule has 1 heterocycles. The number of thiophene rings is 1. The van der Waals surface area contributed by atoms with Gasteiger partial charge in [-0.1, -0.05) is 43.8 Å². The van der Waals surface area contributed by atoms with Crippen LogP contribution in [0.15, 0.2) is 30.3 Å². The second-order valence-corrected chi connectivity index (χ2v) is 10.5. The summed E-state index contributed by atoms with van der Waals surface area (Å²) < 4.78 is 1.33. The number of hydrogen-bond donors (Lipinski definition) is 0. The van der Waals surface area contributed by atoms with Crippen molar-refractivity contribution in [3.63, 3.8) is 0 Å². The summed E-state index contributed by atoms with van der Waals surface area (Å²) in [5, 5.41) is 1.31. The van der Waals surface area contributed by atoms with E-state index >= 15 is 0 Å². The standard InChI is InChI=1S/C13H14SSi/c1-15(2,3)9-8-12-10-11-6-4-5-7-13(11)14-12/h4-7,10H,1-3H3. The van der Waals surface area contributed by atoms with E-state index in [-0.39, 0.29) is 0 Å². The van der Waals surface area contributed by atoms with Crippen molar-refractivity contribution in [3.05, 3.63) is 35.2 Å². The maximum atomic E-state index is 3.40. The minimum atomic E-state index is -1.24. The lowest BCUT2D eigenvalue weighted by molar-refractivity contribution is 1.81. The molecule has 0 aliphatic heterocycles. The van der Waals surface area contributed by atoms with E-state index in [9.17, 15) is 0 Å². The van der Waals surface area contributed by atoms with Crippen LogP contribution < -0.4 is 0 Å². The van der Waals surface area contributed by atoms with Crippen LogP contribution in [0.3, 0.4) is 0 Å². The van der Waals surface area contributed by atoms with Crippen LogP contribution in [0.1, 0.15) is 4.88 Å². The largest absolute Gasteiger partial charge is 0.129 e. The van der Waals surface area contributed by atoms with Crippen LogP contribution in [0.25, 0.3) is 10.1 Å². The van der Waals surface area contributed by atoms with E-state index < -0.39 is 8.07 Å². The molecule has 1 aromatic heterocycles. The fourth-order valence-electron chi connectivity index (χ4n) is 1.29. The van der Waals surface area contributed by atoms with E-state index in [4.69, 9.17) is 0 Å². The van der Waals surface area contributed by atoms with Gasteiger partial charge in [0.15, 0.2) is 0 Å². The maximum Gasteiger partial charge on any atom is 0.129 e. The summed E-state index contributed by atoms with van der Waals surface area (Å²) in [4.78, 5) is 1.19. The van der Waals surface area contributed by atoms with Gasteiger partial charge in [-0.15, -0.1) is 16.9 Å². The molecule has 15 heavy (non-hydrogen) atoms. The van der Waals surface area contributed by atoms with Crippen LogP contribution in [0.2, 0.25) is 19.6 Å². The molecule has 0 saturated carbocycles. The summed E-state index contributed by atoms with van der Waals surface area (Å²) in [5.41, 5.74) is 3.40. The molecule has 0 aliphatic carbocycles. The summed E-state index contributed by atoms with van der Waals surface area (Å²) in [5.74, 6) is 3.30. The molecule has 0 radical (unpaired) electrons. The van der Waals surface area contributed by atoms with Crippen molar-refractivity contribution in [2.45, 2.75) is 19.6 Å². The predicted molar refractivity (Wildman–Crippen MR) is 72.0 cm³/mol. The van der Waals surface area contributed by atoms with E-state index in [1.54, 1.807) is 11.3 Å². The molecule has 0 bridgehead atoms. The second-order valence-electron chi connectivity index (χ2n) is 4.65. The molecule has 0 N–H and O–H groups in total. The SMILES string of the molecule is C[Si](C)(C)C#Cc1cc2ccccc2s1. The third kappa shape index (κ3) is 2.71. The maximum absolute atomic E-state index is 3.40. The highest BCUT2D eigenvalue weighted by Crippen LogP contribution is 2.24. The summed E-state index contributed by atoms with van der Waals surface area (Å²) >= 11 is 1.79. The number of fused-ring (bicyclic) bond motifs is 1. The van der Waals surface area contributed by atoms with Crippen molar-refractivity contribution >= 4 is 29.5 Å². The Morgan fingerprint density at radius 3 is 2.53 bits per heavy atom. The molecule has 0 amide bonds. The zero-order chi connectivity index (χ0) is 10.9. The zero-order valence-electron chi connectivity index (χ0n) is 9.29. The minimum absolute atomic E-state index is 1.19. The molecule has 0 fully saturated rings.